The second-order valence-electron chi connectivity index (χ2n) is 5.12. The molecular weight excluding hydrogens is 314 g/mol. The van der Waals surface area contributed by atoms with Crippen LogP contribution in [-0.2, 0) is 0 Å². The molecule has 0 heterocycles. The van der Waals surface area contributed by atoms with Crippen molar-refractivity contribution >= 4 is 27.5 Å². The summed E-state index contributed by atoms with van der Waals surface area (Å²) in [6.07, 6.45) is 1.19. The summed E-state index contributed by atoms with van der Waals surface area (Å²) in [5.41, 5.74) is 0.148. The molecule has 0 aliphatic rings. The first-order valence-electron chi connectivity index (χ1n) is 6.21. The van der Waals surface area contributed by atoms with Crippen LogP contribution in [0.1, 0.15) is 34.1 Å². The fourth-order valence-electron chi connectivity index (χ4n) is 1.37. The Morgan fingerprint density at radius 2 is 2.11 bits per heavy atom. The molecule has 0 amide bonds. The fraction of sp³-hybridized carbons (Fsp3) is 0.571. The molecule has 1 aromatic rings. The zero-order valence-electron chi connectivity index (χ0n) is 11.4. The van der Waals surface area contributed by atoms with Crippen LogP contribution in [0, 0.1) is 0 Å². The Balaban J connectivity index is 2.52. The van der Waals surface area contributed by atoms with Gasteiger partial charge in [-0.15, -0.1) is 0 Å². The first-order valence-corrected chi connectivity index (χ1v) is 7.38. The van der Waals surface area contributed by atoms with E-state index in [1.54, 1.807) is 0 Å². The van der Waals surface area contributed by atoms with Crippen LogP contribution in [0.3, 0.4) is 0 Å². The highest BCUT2D eigenvalue weighted by Gasteiger charge is 2.16. The number of nitrogens with one attached hydrogen (secondary N) is 1. The summed E-state index contributed by atoms with van der Waals surface area (Å²) in [7, 11) is 0. The molecule has 0 bridgehead atoms. The molecule has 0 fully saturated rings. The van der Waals surface area contributed by atoms with Gasteiger partial charge >= 0.3 is 0 Å². The maximum atomic E-state index is 5.90. The average Bonchev–Trinajstić information content (AvgIpc) is 2.30. The number of benzene rings is 1. The lowest BCUT2D eigenvalue weighted by Crippen LogP contribution is -2.43. The van der Waals surface area contributed by atoms with E-state index >= 15 is 0 Å². The maximum Gasteiger partial charge on any atom is 0.134 e. The highest BCUT2D eigenvalue weighted by molar-refractivity contribution is 9.10. The Morgan fingerprint density at radius 1 is 1.44 bits per heavy atom. The van der Waals surface area contributed by atoms with E-state index in [4.69, 9.17) is 16.3 Å². The Kier molecular flexibility index (Phi) is 5.96. The van der Waals surface area contributed by atoms with E-state index in [0.29, 0.717) is 5.02 Å². The van der Waals surface area contributed by atoms with Gasteiger partial charge in [0.25, 0.3) is 0 Å². The van der Waals surface area contributed by atoms with Crippen molar-refractivity contribution in [2.24, 2.45) is 0 Å². The second-order valence-corrected chi connectivity index (χ2v) is 6.41. The maximum absolute atomic E-state index is 5.90. The molecule has 1 atom stereocenters. The van der Waals surface area contributed by atoms with Crippen molar-refractivity contribution in [2.45, 2.75) is 45.8 Å². The highest BCUT2D eigenvalue weighted by Crippen LogP contribution is 2.28. The van der Waals surface area contributed by atoms with E-state index < -0.39 is 0 Å². The molecule has 0 aliphatic carbocycles. The van der Waals surface area contributed by atoms with Crippen LogP contribution in [0.4, 0.5) is 0 Å². The third-order valence-corrected chi connectivity index (χ3v) is 3.83. The Morgan fingerprint density at radius 3 is 2.67 bits per heavy atom. The van der Waals surface area contributed by atoms with E-state index in [2.05, 4.69) is 48.9 Å². The summed E-state index contributed by atoms with van der Waals surface area (Å²) >= 11 is 9.35. The predicted molar refractivity (Wildman–Crippen MR) is 81.6 cm³/mol. The van der Waals surface area contributed by atoms with Crippen molar-refractivity contribution < 1.29 is 4.74 Å². The third kappa shape index (κ3) is 5.17. The van der Waals surface area contributed by atoms with Crippen LogP contribution in [0.2, 0.25) is 5.02 Å². The molecule has 102 valence electrons. The first-order chi connectivity index (χ1) is 8.34. The van der Waals surface area contributed by atoms with E-state index in [1.165, 1.54) is 0 Å². The Labute approximate surface area is 123 Å². The average molecular weight is 335 g/mol. The van der Waals surface area contributed by atoms with Gasteiger partial charge in [0.15, 0.2) is 0 Å². The SMILES string of the molecule is CCC(C)(C)NCC(C)Oc1ccc(Cl)cc1Br. The fourth-order valence-corrected chi connectivity index (χ4v) is 2.15. The van der Waals surface area contributed by atoms with Gasteiger partial charge in [-0.1, -0.05) is 18.5 Å². The van der Waals surface area contributed by atoms with Gasteiger partial charge in [-0.05, 0) is 61.3 Å². The number of ether oxygens (including phenoxy) is 1. The molecule has 4 heteroatoms. The Hall–Kier alpha value is -0.250. The van der Waals surface area contributed by atoms with E-state index in [9.17, 15) is 0 Å². The normalized spacial score (nSPS) is 13.4. The molecule has 1 N–H and O–H groups in total. The highest BCUT2D eigenvalue weighted by atomic mass is 79.9. The number of halogens is 2. The lowest BCUT2D eigenvalue weighted by molar-refractivity contribution is 0.198. The van der Waals surface area contributed by atoms with Gasteiger partial charge in [-0.2, -0.15) is 0 Å². The molecular formula is C14H21BrClNO. The van der Waals surface area contributed by atoms with Crippen molar-refractivity contribution in [3.8, 4) is 5.75 Å². The van der Waals surface area contributed by atoms with E-state index in [0.717, 1.165) is 23.2 Å². The molecule has 0 spiro atoms. The standard InChI is InChI=1S/C14H21BrClNO/c1-5-14(3,4)17-9-10(2)18-13-7-6-11(16)8-12(13)15/h6-8,10,17H,5,9H2,1-4H3. The monoisotopic (exact) mass is 333 g/mol. The van der Waals surface area contributed by atoms with E-state index in [-0.39, 0.29) is 11.6 Å². The number of hydrogen-bond acceptors (Lipinski definition) is 2. The minimum absolute atomic E-state index is 0.105. The van der Waals surface area contributed by atoms with Crippen LogP contribution in [0.25, 0.3) is 0 Å². The van der Waals surface area contributed by atoms with Gasteiger partial charge in [0.2, 0.25) is 0 Å². The molecule has 0 radical (unpaired) electrons. The van der Waals surface area contributed by atoms with E-state index in [1.807, 2.05) is 18.2 Å². The van der Waals surface area contributed by atoms with Crippen LogP contribution >= 0.6 is 27.5 Å². The molecule has 1 unspecified atom stereocenters. The van der Waals surface area contributed by atoms with Crippen LogP contribution < -0.4 is 10.1 Å². The Bertz CT molecular complexity index is 395. The molecule has 0 saturated heterocycles. The number of hydrogen-bond donors (Lipinski definition) is 1. The first kappa shape index (κ1) is 15.8. The summed E-state index contributed by atoms with van der Waals surface area (Å²) in [6.45, 7) is 9.43. The topological polar surface area (TPSA) is 21.3 Å². The van der Waals surface area contributed by atoms with Gasteiger partial charge < -0.3 is 10.1 Å². The third-order valence-electron chi connectivity index (χ3n) is 2.97. The van der Waals surface area contributed by atoms with Crippen molar-refractivity contribution in [2.75, 3.05) is 6.54 Å². The van der Waals surface area contributed by atoms with Gasteiger partial charge in [-0.3, -0.25) is 0 Å². The summed E-state index contributed by atoms with van der Waals surface area (Å²) in [4.78, 5) is 0. The second kappa shape index (κ2) is 6.78. The quantitative estimate of drug-likeness (QED) is 0.817. The minimum atomic E-state index is 0.105. The summed E-state index contributed by atoms with van der Waals surface area (Å²) < 4.78 is 6.76. The van der Waals surface area contributed by atoms with Gasteiger partial charge in [-0.25, -0.2) is 0 Å². The molecule has 2 nitrogen and oxygen atoms in total. The number of rotatable bonds is 6. The zero-order valence-corrected chi connectivity index (χ0v) is 13.7. The molecule has 0 aromatic heterocycles. The lowest BCUT2D eigenvalue weighted by Gasteiger charge is -2.27. The summed E-state index contributed by atoms with van der Waals surface area (Å²) in [6, 6.07) is 5.55. The molecule has 1 rings (SSSR count). The molecule has 0 aliphatic heterocycles. The van der Waals surface area contributed by atoms with Gasteiger partial charge in [0.05, 0.1) is 4.47 Å². The minimum Gasteiger partial charge on any atom is -0.488 e. The lowest BCUT2D eigenvalue weighted by atomic mass is 10.0. The molecule has 1 aromatic carbocycles. The molecule has 18 heavy (non-hydrogen) atoms. The summed E-state index contributed by atoms with van der Waals surface area (Å²) in [5, 5.41) is 4.19. The van der Waals surface area contributed by atoms with Crippen molar-refractivity contribution in [1.82, 2.24) is 5.32 Å². The van der Waals surface area contributed by atoms with Crippen LogP contribution in [0.5, 0.6) is 5.75 Å². The molecule has 0 saturated carbocycles. The smallest absolute Gasteiger partial charge is 0.134 e. The van der Waals surface area contributed by atoms with Gasteiger partial charge in [0.1, 0.15) is 11.9 Å². The zero-order chi connectivity index (χ0) is 13.8. The van der Waals surface area contributed by atoms with Crippen LogP contribution in [-0.4, -0.2) is 18.2 Å². The van der Waals surface area contributed by atoms with Crippen molar-refractivity contribution in [1.29, 1.82) is 0 Å². The summed E-state index contributed by atoms with van der Waals surface area (Å²) in [5.74, 6) is 0.822. The van der Waals surface area contributed by atoms with Crippen LogP contribution in [0.15, 0.2) is 22.7 Å². The van der Waals surface area contributed by atoms with Crippen molar-refractivity contribution in [3.63, 3.8) is 0 Å². The van der Waals surface area contributed by atoms with Gasteiger partial charge in [0, 0.05) is 17.1 Å². The largest absolute Gasteiger partial charge is 0.488 e. The predicted octanol–water partition coefficient (Wildman–Crippen LogP) is 4.65. The van der Waals surface area contributed by atoms with Crippen molar-refractivity contribution in [3.05, 3.63) is 27.7 Å².